The van der Waals surface area contributed by atoms with E-state index in [1.165, 1.54) is 14.2 Å². The van der Waals surface area contributed by atoms with Crippen molar-refractivity contribution < 1.29 is 23.0 Å². The van der Waals surface area contributed by atoms with E-state index in [1.807, 2.05) is 0 Å². The molecule has 4 nitrogen and oxygen atoms in total. The van der Waals surface area contributed by atoms with Crippen molar-refractivity contribution in [1.82, 2.24) is 4.98 Å². The molecule has 0 unspecified atom stereocenters. The summed E-state index contributed by atoms with van der Waals surface area (Å²) in [6.07, 6.45) is -1.82. The molecule has 0 atom stereocenters. The zero-order valence-corrected chi connectivity index (χ0v) is 10.8. The number of esters is 1. The molecule has 0 N–H and O–H groups in total. The Hall–Kier alpha value is -1.24. The third kappa shape index (κ3) is 3.12. The van der Waals surface area contributed by atoms with Crippen LogP contribution in [-0.2, 0) is 16.0 Å². The molecule has 0 saturated carbocycles. The highest BCUT2D eigenvalue weighted by molar-refractivity contribution is 9.10. The van der Waals surface area contributed by atoms with Crippen LogP contribution in [0.1, 0.15) is 17.7 Å². The van der Waals surface area contributed by atoms with Crippen molar-refractivity contribution in [3.8, 4) is 5.75 Å². The number of ether oxygens (including phenoxy) is 2. The number of halogens is 3. The lowest BCUT2D eigenvalue weighted by Gasteiger charge is -2.12. The number of hydrogen-bond acceptors (Lipinski definition) is 4. The Labute approximate surface area is 105 Å². The lowest BCUT2D eigenvalue weighted by Crippen LogP contribution is -2.08. The van der Waals surface area contributed by atoms with Crippen LogP contribution >= 0.6 is 15.9 Å². The monoisotopic (exact) mass is 309 g/mol. The molecule has 7 heteroatoms. The first-order chi connectivity index (χ1) is 8.01. The van der Waals surface area contributed by atoms with Gasteiger partial charge in [-0.1, -0.05) is 0 Å². The summed E-state index contributed by atoms with van der Waals surface area (Å²) < 4.78 is 34.8. The topological polar surface area (TPSA) is 48.4 Å². The fraction of sp³-hybridized carbons (Fsp3) is 0.400. The lowest BCUT2D eigenvalue weighted by atomic mass is 10.2. The van der Waals surface area contributed by atoms with E-state index < -0.39 is 12.4 Å². The van der Waals surface area contributed by atoms with E-state index in [4.69, 9.17) is 4.74 Å². The van der Waals surface area contributed by atoms with Crippen LogP contribution in [-0.4, -0.2) is 25.2 Å². The molecule has 0 spiro atoms. The number of methoxy groups -OCH3 is 2. The van der Waals surface area contributed by atoms with E-state index in [0.717, 1.165) is 6.20 Å². The fourth-order valence-corrected chi connectivity index (χ4v) is 1.85. The normalized spacial score (nSPS) is 10.5. The van der Waals surface area contributed by atoms with E-state index in [0.29, 0.717) is 0 Å². The first-order valence-corrected chi connectivity index (χ1v) is 5.36. The molecule has 1 aromatic rings. The number of carbonyl (C=O) groups is 1. The number of aromatic nitrogens is 1. The van der Waals surface area contributed by atoms with Crippen molar-refractivity contribution in [2.24, 2.45) is 0 Å². The van der Waals surface area contributed by atoms with E-state index >= 15 is 0 Å². The Morgan fingerprint density at radius 2 is 2.18 bits per heavy atom. The minimum atomic E-state index is -2.69. The molecule has 0 bridgehead atoms. The number of rotatable bonds is 4. The molecular formula is C10H10BrF2NO3. The van der Waals surface area contributed by atoms with Crippen LogP contribution < -0.4 is 4.74 Å². The van der Waals surface area contributed by atoms with Crippen LogP contribution in [0.5, 0.6) is 5.75 Å². The van der Waals surface area contributed by atoms with Crippen molar-refractivity contribution in [2.75, 3.05) is 14.2 Å². The third-order valence-corrected chi connectivity index (χ3v) is 2.87. The van der Waals surface area contributed by atoms with Gasteiger partial charge in [-0.25, -0.2) is 8.78 Å². The Morgan fingerprint density at radius 3 is 2.65 bits per heavy atom. The predicted molar refractivity (Wildman–Crippen MR) is 59.2 cm³/mol. The first kappa shape index (κ1) is 13.8. The summed E-state index contributed by atoms with van der Waals surface area (Å²) in [5, 5.41) is 0. The summed E-state index contributed by atoms with van der Waals surface area (Å²) in [5.74, 6) is -0.529. The number of hydrogen-bond donors (Lipinski definition) is 0. The van der Waals surface area contributed by atoms with Crippen LogP contribution in [0.3, 0.4) is 0 Å². The molecule has 0 amide bonds. The van der Waals surface area contributed by atoms with Gasteiger partial charge in [-0.2, -0.15) is 0 Å². The van der Waals surface area contributed by atoms with E-state index in [1.54, 1.807) is 0 Å². The van der Waals surface area contributed by atoms with Gasteiger partial charge in [0.2, 0.25) is 0 Å². The first-order valence-electron chi connectivity index (χ1n) is 4.57. The van der Waals surface area contributed by atoms with Crippen molar-refractivity contribution in [2.45, 2.75) is 12.8 Å². The van der Waals surface area contributed by atoms with Crippen LogP contribution in [0.15, 0.2) is 10.7 Å². The molecule has 0 fully saturated rings. The third-order valence-electron chi connectivity index (χ3n) is 2.05. The maximum Gasteiger partial charge on any atom is 0.311 e. The molecule has 0 aliphatic rings. The second-order valence-corrected chi connectivity index (χ2v) is 3.85. The van der Waals surface area contributed by atoms with Crippen LogP contribution in [0.25, 0.3) is 0 Å². The molecule has 1 rings (SSSR count). The van der Waals surface area contributed by atoms with Crippen molar-refractivity contribution in [1.29, 1.82) is 0 Å². The Morgan fingerprint density at radius 1 is 1.53 bits per heavy atom. The smallest absolute Gasteiger partial charge is 0.311 e. The van der Waals surface area contributed by atoms with Gasteiger partial charge < -0.3 is 9.47 Å². The van der Waals surface area contributed by atoms with Gasteiger partial charge >= 0.3 is 5.97 Å². The predicted octanol–water partition coefficient (Wildman–Crippen LogP) is 2.51. The molecule has 1 heterocycles. The number of carbonyl (C=O) groups excluding carboxylic acids is 1. The van der Waals surface area contributed by atoms with Crippen molar-refractivity contribution in [3.05, 3.63) is 21.9 Å². The fourth-order valence-electron chi connectivity index (χ4n) is 1.22. The Bertz CT molecular complexity index is 426. The maximum absolute atomic E-state index is 12.6. The van der Waals surface area contributed by atoms with Gasteiger partial charge in [0.25, 0.3) is 6.43 Å². The second kappa shape index (κ2) is 5.90. The standard InChI is InChI=1S/C10H10BrF2NO3/c1-16-7(15)3-6-8(11)9(17-2)5(4-14-6)10(12)13/h4,10H,3H2,1-2H3. The molecule has 0 aliphatic carbocycles. The van der Waals surface area contributed by atoms with Gasteiger partial charge in [-0.3, -0.25) is 9.78 Å². The second-order valence-electron chi connectivity index (χ2n) is 3.06. The largest absolute Gasteiger partial charge is 0.495 e. The highest BCUT2D eigenvalue weighted by Crippen LogP contribution is 2.36. The molecule has 0 radical (unpaired) electrons. The minimum absolute atomic E-state index is 0.0195. The van der Waals surface area contributed by atoms with Crippen LogP contribution in [0, 0.1) is 0 Å². The number of nitrogens with zero attached hydrogens (tertiary/aromatic N) is 1. The molecule has 1 aromatic heterocycles. The summed E-state index contributed by atoms with van der Waals surface area (Å²) in [4.78, 5) is 14.9. The number of pyridine rings is 1. The zero-order chi connectivity index (χ0) is 13.0. The average molecular weight is 310 g/mol. The van der Waals surface area contributed by atoms with E-state index in [-0.39, 0.29) is 27.9 Å². The molecule has 0 aromatic carbocycles. The highest BCUT2D eigenvalue weighted by Gasteiger charge is 2.21. The van der Waals surface area contributed by atoms with Crippen molar-refractivity contribution in [3.63, 3.8) is 0 Å². The van der Waals surface area contributed by atoms with Crippen molar-refractivity contribution >= 4 is 21.9 Å². The quantitative estimate of drug-likeness (QED) is 0.802. The highest BCUT2D eigenvalue weighted by atomic mass is 79.9. The maximum atomic E-state index is 12.6. The Kier molecular flexibility index (Phi) is 4.80. The molecule has 0 aliphatic heterocycles. The minimum Gasteiger partial charge on any atom is -0.495 e. The van der Waals surface area contributed by atoms with Gasteiger partial charge in [0.15, 0.2) is 0 Å². The number of alkyl halides is 2. The Balaban J connectivity index is 3.15. The van der Waals surface area contributed by atoms with Gasteiger partial charge in [0.1, 0.15) is 5.75 Å². The molecule has 0 saturated heterocycles. The summed E-state index contributed by atoms with van der Waals surface area (Å²) in [6, 6.07) is 0. The summed E-state index contributed by atoms with van der Waals surface area (Å²) in [6.45, 7) is 0. The van der Waals surface area contributed by atoms with Gasteiger partial charge in [-0.15, -0.1) is 0 Å². The summed E-state index contributed by atoms with van der Waals surface area (Å²) in [7, 11) is 2.51. The van der Waals surface area contributed by atoms with E-state index in [9.17, 15) is 13.6 Å². The zero-order valence-electron chi connectivity index (χ0n) is 9.17. The van der Waals surface area contributed by atoms with Crippen LogP contribution in [0.4, 0.5) is 8.78 Å². The van der Waals surface area contributed by atoms with Crippen LogP contribution in [0.2, 0.25) is 0 Å². The summed E-state index contributed by atoms with van der Waals surface area (Å²) in [5.41, 5.74) is -0.0360. The van der Waals surface area contributed by atoms with Gasteiger partial charge in [-0.05, 0) is 15.9 Å². The molecular weight excluding hydrogens is 300 g/mol. The van der Waals surface area contributed by atoms with E-state index in [2.05, 4.69) is 25.7 Å². The molecule has 94 valence electrons. The molecule has 17 heavy (non-hydrogen) atoms. The van der Waals surface area contributed by atoms with Gasteiger partial charge in [0.05, 0.1) is 36.4 Å². The SMILES string of the molecule is COC(=O)Cc1ncc(C(F)F)c(OC)c1Br. The van der Waals surface area contributed by atoms with Gasteiger partial charge in [0, 0.05) is 6.20 Å². The summed E-state index contributed by atoms with van der Waals surface area (Å²) >= 11 is 3.09. The average Bonchev–Trinajstić information content (AvgIpc) is 2.30. The lowest BCUT2D eigenvalue weighted by molar-refractivity contribution is -0.139.